The van der Waals surface area contributed by atoms with Crippen molar-refractivity contribution in [1.29, 1.82) is 0 Å². The van der Waals surface area contributed by atoms with Crippen molar-refractivity contribution in [2.45, 2.75) is 77.5 Å². The number of aliphatic hydroxyl groups excluding tert-OH is 1. The maximum absolute atomic E-state index is 10.5. The molecule has 0 radical (unpaired) electrons. The first-order valence-corrected chi connectivity index (χ1v) is 12.2. The van der Waals surface area contributed by atoms with Crippen molar-refractivity contribution in [1.82, 2.24) is 0 Å². The molecule has 2 aromatic carbocycles. The Bertz CT molecular complexity index is 622. The molecule has 0 spiro atoms. The summed E-state index contributed by atoms with van der Waals surface area (Å²) < 4.78 is 7.07. The summed E-state index contributed by atoms with van der Waals surface area (Å²) >= 11 is 0. The molecule has 2 nitrogen and oxygen atoms in total. The summed E-state index contributed by atoms with van der Waals surface area (Å²) in [6.45, 7) is 10.9. The third-order valence-corrected chi connectivity index (χ3v) is 10.4. The second kappa shape index (κ2) is 9.68. The summed E-state index contributed by atoms with van der Waals surface area (Å²) in [6, 6.07) is 21.3. The molecule has 0 aliphatic heterocycles. The van der Waals surface area contributed by atoms with Crippen LogP contribution in [0.5, 0.6) is 0 Å². The fourth-order valence-electron chi connectivity index (χ4n) is 3.91. The molecule has 27 heavy (non-hydrogen) atoms. The second-order valence-electron chi connectivity index (χ2n) is 8.56. The van der Waals surface area contributed by atoms with Crippen molar-refractivity contribution in [3.63, 3.8) is 0 Å². The fraction of sp³-hybridized carbons (Fsp3) is 0.500. The first-order chi connectivity index (χ1) is 12.8. The van der Waals surface area contributed by atoms with E-state index in [9.17, 15) is 5.11 Å². The van der Waals surface area contributed by atoms with E-state index in [4.69, 9.17) is 4.43 Å². The molecule has 3 heteroatoms. The topological polar surface area (TPSA) is 29.5 Å². The van der Waals surface area contributed by atoms with Crippen LogP contribution < -0.4 is 10.4 Å². The molecule has 0 aliphatic carbocycles. The van der Waals surface area contributed by atoms with Gasteiger partial charge in [0.1, 0.15) is 0 Å². The Morgan fingerprint density at radius 1 is 0.889 bits per heavy atom. The van der Waals surface area contributed by atoms with Gasteiger partial charge in [-0.2, -0.15) is 0 Å². The van der Waals surface area contributed by atoms with Crippen LogP contribution >= 0.6 is 0 Å². The van der Waals surface area contributed by atoms with E-state index in [1.165, 1.54) is 23.2 Å². The van der Waals surface area contributed by atoms with E-state index in [1.807, 2.05) is 6.92 Å². The Kier molecular flexibility index (Phi) is 7.84. The van der Waals surface area contributed by atoms with Gasteiger partial charge in [-0.15, -0.1) is 0 Å². The van der Waals surface area contributed by atoms with Gasteiger partial charge in [-0.1, -0.05) is 108 Å². The van der Waals surface area contributed by atoms with Crippen molar-refractivity contribution < 1.29 is 9.53 Å². The van der Waals surface area contributed by atoms with Crippen LogP contribution in [0, 0.1) is 0 Å². The molecule has 0 saturated heterocycles. The third-order valence-electron chi connectivity index (χ3n) is 5.38. The summed E-state index contributed by atoms with van der Waals surface area (Å²) in [6.07, 6.45) is 3.70. The Labute approximate surface area is 166 Å². The van der Waals surface area contributed by atoms with Crippen molar-refractivity contribution in [3.05, 3.63) is 60.7 Å². The maximum atomic E-state index is 10.5. The Hall–Kier alpha value is -1.42. The van der Waals surface area contributed by atoms with Gasteiger partial charge in [0.25, 0.3) is 8.32 Å². The van der Waals surface area contributed by atoms with Crippen LogP contribution in [0.15, 0.2) is 60.7 Å². The van der Waals surface area contributed by atoms with E-state index in [1.54, 1.807) is 0 Å². The molecule has 1 unspecified atom stereocenters. The van der Waals surface area contributed by atoms with E-state index in [-0.39, 0.29) is 11.1 Å². The van der Waals surface area contributed by atoms with Gasteiger partial charge in [-0.3, -0.25) is 0 Å². The molecule has 2 aromatic rings. The van der Waals surface area contributed by atoms with Gasteiger partial charge >= 0.3 is 0 Å². The van der Waals surface area contributed by atoms with E-state index in [0.29, 0.717) is 0 Å². The zero-order valence-corrected chi connectivity index (χ0v) is 18.6. The van der Waals surface area contributed by atoms with Crippen LogP contribution in [0.1, 0.15) is 60.3 Å². The van der Waals surface area contributed by atoms with Gasteiger partial charge in [0.05, 0.1) is 12.2 Å². The summed E-state index contributed by atoms with van der Waals surface area (Å²) in [7, 11) is -2.60. The Morgan fingerprint density at radius 2 is 1.37 bits per heavy atom. The molecule has 2 atom stereocenters. The smallest absolute Gasteiger partial charge is 0.261 e. The molecule has 0 fully saturated rings. The first kappa shape index (κ1) is 21.9. The lowest BCUT2D eigenvalue weighted by atomic mass is 10.1. The largest absolute Gasteiger partial charge is 0.402 e. The number of unbranched alkanes of at least 4 members (excludes halogenated alkanes) is 2. The quantitative estimate of drug-likeness (QED) is 0.492. The second-order valence-corrected chi connectivity index (χ2v) is 12.8. The third kappa shape index (κ3) is 5.10. The highest BCUT2D eigenvalue weighted by Crippen LogP contribution is 2.38. The van der Waals surface area contributed by atoms with E-state index in [0.717, 1.165) is 12.8 Å². The summed E-state index contributed by atoms with van der Waals surface area (Å²) in [5.41, 5.74) is 0. The predicted octanol–water partition coefficient (Wildman–Crippen LogP) is 4.89. The van der Waals surface area contributed by atoms with Crippen LogP contribution in [0.3, 0.4) is 0 Å². The molecule has 0 aromatic heterocycles. The van der Waals surface area contributed by atoms with Crippen LogP contribution in [-0.2, 0) is 4.43 Å². The molecule has 148 valence electrons. The highest BCUT2D eigenvalue weighted by Gasteiger charge is 2.51. The molecule has 0 aliphatic rings. The van der Waals surface area contributed by atoms with E-state index >= 15 is 0 Å². The lowest BCUT2D eigenvalue weighted by Gasteiger charge is -2.45. The van der Waals surface area contributed by atoms with Gasteiger partial charge in [-0.05, 0) is 28.8 Å². The molecule has 2 rings (SSSR count). The molecular weight excluding hydrogens is 348 g/mol. The minimum absolute atomic E-state index is 0.0619. The zero-order valence-electron chi connectivity index (χ0n) is 17.6. The average molecular weight is 385 g/mol. The molecule has 0 bridgehead atoms. The maximum Gasteiger partial charge on any atom is 0.261 e. The van der Waals surface area contributed by atoms with Crippen molar-refractivity contribution in [3.8, 4) is 0 Å². The summed E-state index contributed by atoms with van der Waals surface area (Å²) in [5.74, 6) is 0. The summed E-state index contributed by atoms with van der Waals surface area (Å²) in [4.78, 5) is 0. The standard InChI is InChI=1S/C24H36O2Si/c1-6-7-10-19-23(20(2)25)26-27(24(3,4)5,21-15-11-8-12-16-21)22-17-13-9-14-18-22/h8-9,11-18,20,23,25H,6-7,10,19H2,1-5H3/t20?,23-/m1/s1. The zero-order chi connectivity index (χ0) is 19.9. The van der Waals surface area contributed by atoms with Crippen LogP contribution in [0.2, 0.25) is 5.04 Å². The van der Waals surface area contributed by atoms with Crippen LogP contribution in [0.4, 0.5) is 0 Å². The highest BCUT2D eigenvalue weighted by molar-refractivity contribution is 6.99. The van der Waals surface area contributed by atoms with E-state index < -0.39 is 14.4 Å². The van der Waals surface area contributed by atoms with Crippen molar-refractivity contribution in [2.75, 3.05) is 0 Å². The normalized spacial score (nSPS) is 14.7. The van der Waals surface area contributed by atoms with Gasteiger partial charge in [-0.25, -0.2) is 0 Å². The molecule has 0 saturated carbocycles. The number of aliphatic hydroxyl groups is 1. The molecule has 0 amide bonds. The van der Waals surface area contributed by atoms with Crippen LogP contribution in [-0.4, -0.2) is 25.6 Å². The Morgan fingerprint density at radius 3 is 1.74 bits per heavy atom. The lowest BCUT2D eigenvalue weighted by molar-refractivity contribution is 0.0353. The van der Waals surface area contributed by atoms with Gasteiger partial charge < -0.3 is 9.53 Å². The summed E-state index contributed by atoms with van der Waals surface area (Å²) in [5, 5.41) is 13.0. The van der Waals surface area contributed by atoms with Crippen LogP contribution in [0.25, 0.3) is 0 Å². The van der Waals surface area contributed by atoms with Crippen molar-refractivity contribution in [2.24, 2.45) is 0 Å². The van der Waals surface area contributed by atoms with Gasteiger partial charge in [0.2, 0.25) is 0 Å². The predicted molar refractivity (Wildman–Crippen MR) is 118 cm³/mol. The lowest BCUT2D eigenvalue weighted by Crippen LogP contribution is -2.68. The number of benzene rings is 2. The monoisotopic (exact) mass is 384 g/mol. The minimum Gasteiger partial charge on any atom is -0.402 e. The molecule has 0 heterocycles. The first-order valence-electron chi connectivity index (χ1n) is 10.3. The Balaban J connectivity index is 2.57. The van der Waals surface area contributed by atoms with Gasteiger partial charge in [0, 0.05) is 0 Å². The highest BCUT2D eigenvalue weighted by atomic mass is 28.4. The average Bonchev–Trinajstić information content (AvgIpc) is 2.65. The molecular formula is C24H36O2Si. The number of rotatable bonds is 9. The fourth-order valence-corrected chi connectivity index (χ4v) is 8.70. The van der Waals surface area contributed by atoms with Crippen molar-refractivity contribution >= 4 is 18.7 Å². The van der Waals surface area contributed by atoms with Gasteiger partial charge in [0.15, 0.2) is 0 Å². The number of hydrogen-bond donors (Lipinski definition) is 1. The minimum atomic E-state index is -2.60. The van der Waals surface area contributed by atoms with E-state index in [2.05, 4.69) is 88.4 Å². The molecule has 1 N–H and O–H groups in total. The number of hydrogen-bond acceptors (Lipinski definition) is 2. The SMILES string of the molecule is CCCCC[C@@H](O[Si](c1ccccc1)(c1ccccc1)C(C)(C)C)C(C)O.